The fourth-order valence-corrected chi connectivity index (χ4v) is 2.66. The Hall–Kier alpha value is -1.13. The molecule has 1 atom stereocenters. The molecule has 18 heavy (non-hydrogen) atoms. The number of nitrogens with zero attached hydrogens (tertiary/aromatic N) is 1. The van der Waals surface area contributed by atoms with Crippen molar-refractivity contribution in [3.05, 3.63) is 40.7 Å². The molecule has 0 saturated heterocycles. The van der Waals surface area contributed by atoms with Gasteiger partial charge in [0.05, 0.1) is 11.3 Å². The lowest BCUT2D eigenvalue weighted by atomic mass is 10.1. The molecule has 0 bridgehead atoms. The number of thiazole rings is 1. The summed E-state index contributed by atoms with van der Waals surface area (Å²) in [5.41, 5.74) is 0. The molecule has 2 aromatic heterocycles. The molecule has 0 aliphatic rings. The Morgan fingerprint density at radius 3 is 3.11 bits per heavy atom. The summed E-state index contributed by atoms with van der Waals surface area (Å²) < 4.78 is 5.38. The second-order valence-corrected chi connectivity index (χ2v) is 5.38. The van der Waals surface area contributed by atoms with E-state index in [9.17, 15) is 0 Å². The van der Waals surface area contributed by atoms with Gasteiger partial charge >= 0.3 is 0 Å². The quantitative estimate of drug-likeness (QED) is 0.795. The first-order valence-electron chi connectivity index (χ1n) is 6.52. The third-order valence-electron chi connectivity index (χ3n) is 2.91. The summed E-state index contributed by atoms with van der Waals surface area (Å²) in [7, 11) is 0. The first-order valence-corrected chi connectivity index (χ1v) is 7.40. The summed E-state index contributed by atoms with van der Waals surface area (Å²) in [4.78, 5) is 4.36. The average molecular weight is 264 g/mol. The maximum absolute atomic E-state index is 5.38. The average Bonchev–Trinajstić information content (AvgIpc) is 3.05. The van der Waals surface area contributed by atoms with Gasteiger partial charge in [0.1, 0.15) is 5.76 Å². The molecule has 2 rings (SSSR count). The van der Waals surface area contributed by atoms with Crippen molar-refractivity contribution < 1.29 is 4.42 Å². The van der Waals surface area contributed by atoms with Crippen LogP contribution in [0.2, 0.25) is 0 Å². The van der Waals surface area contributed by atoms with Crippen LogP contribution in [0.25, 0.3) is 0 Å². The van der Waals surface area contributed by atoms with Gasteiger partial charge in [-0.1, -0.05) is 6.92 Å². The van der Waals surface area contributed by atoms with Crippen molar-refractivity contribution in [2.75, 3.05) is 6.54 Å². The molecule has 1 unspecified atom stereocenters. The lowest BCUT2D eigenvalue weighted by molar-refractivity contribution is 0.441. The fourth-order valence-electron chi connectivity index (χ4n) is 1.96. The van der Waals surface area contributed by atoms with Crippen LogP contribution in [0, 0.1) is 0 Å². The summed E-state index contributed by atoms with van der Waals surface area (Å²) in [6.45, 7) is 3.26. The van der Waals surface area contributed by atoms with Crippen molar-refractivity contribution in [1.82, 2.24) is 10.3 Å². The molecule has 0 amide bonds. The van der Waals surface area contributed by atoms with Gasteiger partial charge < -0.3 is 9.73 Å². The highest BCUT2D eigenvalue weighted by molar-refractivity contribution is 7.09. The minimum atomic E-state index is 0.487. The van der Waals surface area contributed by atoms with E-state index in [0.717, 1.165) is 38.0 Å². The molecule has 0 saturated carbocycles. The van der Waals surface area contributed by atoms with Crippen LogP contribution in [0.3, 0.4) is 0 Å². The van der Waals surface area contributed by atoms with E-state index < -0.39 is 0 Å². The zero-order valence-electron chi connectivity index (χ0n) is 10.8. The first kappa shape index (κ1) is 13.3. The number of aromatic nitrogens is 1. The van der Waals surface area contributed by atoms with Crippen molar-refractivity contribution in [2.24, 2.45) is 0 Å². The van der Waals surface area contributed by atoms with Crippen LogP contribution >= 0.6 is 11.3 Å². The Morgan fingerprint density at radius 1 is 1.50 bits per heavy atom. The largest absolute Gasteiger partial charge is 0.469 e. The lowest BCUT2D eigenvalue weighted by Gasteiger charge is -2.16. The third-order valence-corrected chi connectivity index (χ3v) is 3.71. The molecule has 98 valence electrons. The molecular weight excluding hydrogens is 244 g/mol. The third kappa shape index (κ3) is 4.27. The van der Waals surface area contributed by atoms with Gasteiger partial charge in [0, 0.05) is 30.5 Å². The van der Waals surface area contributed by atoms with Gasteiger partial charge in [-0.05, 0) is 31.5 Å². The van der Waals surface area contributed by atoms with E-state index in [1.807, 2.05) is 23.7 Å². The van der Waals surface area contributed by atoms with E-state index >= 15 is 0 Å². The van der Waals surface area contributed by atoms with Crippen molar-refractivity contribution >= 4 is 11.3 Å². The Morgan fingerprint density at radius 2 is 2.44 bits per heavy atom. The second kappa shape index (κ2) is 7.34. The molecule has 1 N–H and O–H groups in total. The molecule has 0 spiro atoms. The molecule has 4 heteroatoms. The summed E-state index contributed by atoms with van der Waals surface area (Å²) in [5, 5.41) is 6.85. The number of nitrogens with one attached hydrogen (secondary N) is 1. The highest BCUT2D eigenvalue weighted by Gasteiger charge is 2.11. The smallest absolute Gasteiger partial charge is 0.103 e. The maximum Gasteiger partial charge on any atom is 0.103 e. The van der Waals surface area contributed by atoms with Gasteiger partial charge in [-0.2, -0.15) is 0 Å². The van der Waals surface area contributed by atoms with Crippen molar-refractivity contribution in [3.63, 3.8) is 0 Å². The lowest BCUT2D eigenvalue weighted by Crippen LogP contribution is -2.32. The summed E-state index contributed by atoms with van der Waals surface area (Å²) in [5.74, 6) is 1.07. The van der Waals surface area contributed by atoms with E-state index in [0.29, 0.717) is 6.04 Å². The van der Waals surface area contributed by atoms with Gasteiger partial charge in [0.2, 0.25) is 0 Å². The van der Waals surface area contributed by atoms with Crippen LogP contribution in [0.5, 0.6) is 0 Å². The molecule has 2 aromatic rings. The van der Waals surface area contributed by atoms with E-state index in [4.69, 9.17) is 4.42 Å². The number of rotatable bonds is 8. The van der Waals surface area contributed by atoms with E-state index in [-0.39, 0.29) is 0 Å². The maximum atomic E-state index is 5.38. The van der Waals surface area contributed by atoms with Crippen molar-refractivity contribution in [2.45, 2.75) is 38.6 Å². The van der Waals surface area contributed by atoms with Gasteiger partial charge in [-0.15, -0.1) is 11.3 Å². The van der Waals surface area contributed by atoms with Crippen LogP contribution in [-0.2, 0) is 12.8 Å². The number of hydrogen-bond donors (Lipinski definition) is 1. The second-order valence-electron chi connectivity index (χ2n) is 4.40. The minimum Gasteiger partial charge on any atom is -0.469 e. The first-order chi connectivity index (χ1) is 8.88. The van der Waals surface area contributed by atoms with Gasteiger partial charge in [0.15, 0.2) is 0 Å². The van der Waals surface area contributed by atoms with Crippen LogP contribution in [0.1, 0.15) is 30.5 Å². The molecule has 0 aliphatic heterocycles. The van der Waals surface area contributed by atoms with Crippen LogP contribution in [0.4, 0.5) is 0 Å². The molecule has 3 nitrogen and oxygen atoms in total. The Kier molecular flexibility index (Phi) is 5.42. The number of aryl methyl sites for hydroxylation is 1. The standard InChI is InChI=1S/C14H20N2OS/c1-2-7-15-12(11-14-16-8-10-18-14)5-6-13-4-3-9-17-13/h3-4,8-10,12,15H,2,5-7,11H2,1H3. The highest BCUT2D eigenvalue weighted by atomic mass is 32.1. The molecule has 0 aromatic carbocycles. The molecule has 2 heterocycles. The zero-order valence-corrected chi connectivity index (χ0v) is 11.6. The Labute approximate surface area is 112 Å². The summed E-state index contributed by atoms with van der Waals surface area (Å²) in [6, 6.07) is 4.48. The zero-order chi connectivity index (χ0) is 12.6. The minimum absolute atomic E-state index is 0.487. The van der Waals surface area contributed by atoms with E-state index in [1.165, 1.54) is 5.01 Å². The highest BCUT2D eigenvalue weighted by Crippen LogP contribution is 2.12. The molecule has 0 fully saturated rings. The number of hydrogen-bond acceptors (Lipinski definition) is 4. The predicted molar refractivity (Wildman–Crippen MR) is 74.9 cm³/mol. The monoisotopic (exact) mass is 264 g/mol. The van der Waals surface area contributed by atoms with Crippen LogP contribution in [-0.4, -0.2) is 17.6 Å². The Balaban J connectivity index is 1.84. The van der Waals surface area contributed by atoms with Crippen molar-refractivity contribution in [3.8, 4) is 0 Å². The normalized spacial score (nSPS) is 12.7. The Bertz CT molecular complexity index is 411. The SMILES string of the molecule is CCCNC(CCc1ccco1)Cc1nccs1. The van der Waals surface area contributed by atoms with Gasteiger partial charge in [0.25, 0.3) is 0 Å². The summed E-state index contributed by atoms with van der Waals surface area (Å²) >= 11 is 1.73. The summed E-state index contributed by atoms with van der Waals surface area (Å²) in [6.07, 6.45) is 7.87. The van der Waals surface area contributed by atoms with E-state index in [1.54, 1.807) is 17.6 Å². The van der Waals surface area contributed by atoms with Crippen LogP contribution in [0.15, 0.2) is 34.4 Å². The molecule has 0 aliphatic carbocycles. The van der Waals surface area contributed by atoms with Gasteiger partial charge in [-0.25, -0.2) is 4.98 Å². The van der Waals surface area contributed by atoms with Gasteiger partial charge in [-0.3, -0.25) is 0 Å². The molecule has 0 radical (unpaired) electrons. The van der Waals surface area contributed by atoms with E-state index in [2.05, 4.69) is 17.2 Å². The van der Waals surface area contributed by atoms with Crippen molar-refractivity contribution in [1.29, 1.82) is 0 Å². The topological polar surface area (TPSA) is 38.1 Å². The molecular formula is C14H20N2OS. The number of furan rings is 1. The predicted octanol–water partition coefficient (Wildman–Crippen LogP) is 3.28. The van der Waals surface area contributed by atoms with Crippen LogP contribution < -0.4 is 5.32 Å². The fraction of sp³-hybridized carbons (Fsp3) is 0.500.